The second-order valence-electron chi connectivity index (χ2n) is 8.71. The minimum atomic E-state index is -0.708. The topological polar surface area (TPSA) is 135 Å². The molecule has 0 radical (unpaired) electrons. The van der Waals surface area contributed by atoms with Gasteiger partial charge in [0.05, 0.1) is 12.1 Å². The standard InChI is InChI=1S/C27H24N6O4/c1-2-17(13-28)26(35)32-15-19-12-18(32)16-33(19)27-30-14-23(24(29)34)25(31-27)37-22-10-8-21(9-11-22)36-20-6-4-3-5-7-20/h2-11,14,18-19H,12,15-16H2,1H3,(H2,29,34)/b17-2+/t18-,19-/m0/s1. The number of piperazine rings is 1. The van der Waals surface area contributed by atoms with Crippen molar-refractivity contribution in [1.29, 1.82) is 5.26 Å². The van der Waals surface area contributed by atoms with Crippen molar-refractivity contribution in [3.8, 4) is 29.2 Å². The molecule has 3 heterocycles. The largest absolute Gasteiger partial charge is 0.457 e. The van der Waals surface area contributed by atoms with Crippen molar-refractivity contribution in [3.63, 3.8) is 0 Å². The quantitative estimate of drug-likeness (QED) is 0.388. The molecule has 2 aromatic carbocycles. The number of allylic oxidation sites excluding steroid dienone is 1. The van der Waals surface area contributed by atoms with Crippen molar-refractivity contribution in [2.24, 2.45) is 5.73 Å². The number of carbonyl (C=O) groups is 2. The number of fused-ring (bicyclic) bond motifs is 2. The number of rotatable bonds is 7. The molecule has 1 aromatic heterocycles. The van der Waals surface area contributed by atoms with Crippen LogP contribution in [0, 0.1) is 11.3 Å². The Morgan fingerprint density at radius 3 is 2.30 bits per heavy atom. The number of hydrogen-bond acceptors (Lipinski definition) is 8. The van der Waals surface area contributed by atoms with Crippen LogP contribution in [0.4, 0.5) is 5.95 Å². The summed E-state index contributed by atoms with van der Waals surface area (Å²) in [6, 6.07) is 18.2. The van der Waals surface area contributed by atoms with Gasteiger partial charge in [-0.3, -0.25) is 9.59 Å². The molecular weight excluding hydrogens is 472 g/mol. The van der Waals surface area contributed by atoms with E-state index in [0.29, 0.717) is 36.3 Å². The number of anilines is 1. The third-order valence-corrected chi connectivity index (χ3v) is 6.42. The van der Waals surface area contributed by atoms with Crippen molar-refractivity contribution < 1.29 is 19.1 Å². The molecule has 3 aromatic rings. The lowest BCUT2D eigenvalue weighted by Crippen LogP contribution is -2.49. The number of hydrogen-bond donors (Lipinski definition) is 1. The minimum Gasteiger partial charge on any atom is -0.457 e. The summed E-state index contributed by atoms with van der Waals surface area (Å²) < 4.78 is 11.7. The molecule has 0 unspecified atom stereocenters. The molecule has 37 heavy (non-hydrogen) atoms. The number of likely N-dealkylation sites (tertiary alicyclic amines) is 1. The van der Waals surface area contributed by atoms with Gasteiger partial charge in [0.2, 0.25) is 11.8 Å². The van der Waals surface area contributed by atoms with Crippen LogP contribution >= 0.6 is 0 Å². The van der Waals surface area contributed by atoms with E-state index < -0.39 is 5.91 Å². The maximum Gasteiger partial charge on any atom is 0.264 e. The first-order valence-corrected chi connectivity index (χ1v) is 11.8. The molecule has 10 nitrogen and oxygen atoms in total. The fourth-order valence-corrected chi connectivity index (χ4v) is 4.61. The van der Waals surface area contributed by atoms with Crippen LogP contribution in [0.1, 0.15) is 23.7 Å². The van der Waals surface area contributed by atoms with Crippen LogP contribution in [0.2, 0.25) is 0 Å². The van der Waals surface area contributed by atoms with Crippen molar-refractivity contribution in [2.75, 3.05) is 18.0 Å². The van der Waals surface area contributed by atoms with Crippen LogP contribution < -0.4 is 20.1 Å². The number of aromatic nitrogens is 2. The normalized spacial score (nSPS) is 18.4. The van der Waals surface area contributed by atoms with Gasteiger partial charge in [-0.2, -0.15) is 10.2 Å². The highest BCUT2D eigenvalue weighted by Crippen LogP contribution is 2.35. The Labute approximate surface area is 213 Å². The third kappa shape index (κ3) is 4.79. The lowest BCUT2D eigenvalue weighted by molar-refractivity contribution is -0.127. The predicted octanol–water partition coefficient (Wildman–Crippen LogP) is 3.42. The highest BCUT2D eigenvalue weighted by Gasteiger charge is 2.46. The van der Waals surface area contributed by atoms with Gasteiger partial charge in [0.15, 0.2) is 0 Å². The van der Waals surface area contributed by atoms with E-state index in [0.717, 1.165) is 6.42 Å². The molecule has 186 valence electrons. The molecule has 0 saturated carbocycles. The molecule has 2 aliphatic rings. The Hall–Kier alpha value is -4.91. The third-order valence-electron chi connectivity index (χ3n) is 6.42. The van der Waals surface area contributed by atoms with Crippen molar-refractivity contribution in [1.82, 2.24) is 14.9 Å². The Morgan fingerprint density at radius 2 is 1.70 bits per heavy atom. The summed E-state index contributed by atoms with van der Waals surface area (Å²) in [5.74, 6) is 1.25. The van der Waals surface area contributed by atoms with Gasteiger partial charge in [-0.25, -0.2) is 4.98 Å². The highest BCUT2D eigenvalue weighted by molar-refractivity contribution is 5.98. The number of carbonyl (C=O) groups excluding carboxylic acids is 2. The molecule has 2 atom stereocenters. The number of benzene rings is 2. The molecule has 0 aliphatic carbocycles. The summed E-state index contributed by atoms with van der Waals surface area (Å²) in [6.07, 6.45) is 3.63. The zero-order valence-electron chi connectivity index (χ0n) is 20.1. The van der Waals surface area contributed by atoms with Gasteiger partial charge in [0, 0.05) is 19.3 Å². The monoisotopic (exact) mass is 496 g/mol. The number of para-hydroxylation sites is 1. The van der Waals surface area contributed by atoms with Crippen molar-refractivity contribution in [2.45, 2.75) is 25.4 Å². The minimum absolute atomic E-state index is 0.00699. The summed E-state index contributed by atoms with van der Waals surface area (Å²) in [5, 5.41) is 9.21. The van der Waals surface area contributed by atoms with Gasteiger partial charge >= 0.3 is 0 Å². The van der Waals surface area contributed by atoms with Gasteiger partial charge in [0.25, 0.3) is 11.8 Å². The molecule has 2 saturated heterocycles. The average Bonchev–Trinajstić information content (AvgIpc) is 3.52. The molecule has 10 heteroatoms. The SMILES string of the molecule is C/C=C(\C#N)C(=O)N1C[C@@H]2C[C@H]1CN2c1ncc(C(N)=O)c(Oc2ccc(Oc3ccccc3)cc2)n1. The number of ether oxygens (including phenoxy) is 2. The molecule has 2 N–H and O–H groups in total. The first-order chi connectivity index (χ1) is 18.0. The van der Waals surface area contributed by atoms with E-state index in [1.165, 1.54) is 12.3 Å². The lowest BCUT2D eigenvalue weighted by Gasteiger charge is -2.34. The summed E-state index contributed by atoms with van der Waals surface area (Å²) in [7, 11) is 0. The number of nitrogens with two attached hydrogens (primary N) is 1. The molecular formula is C27H24N6O4. The second-order valence-corrected chi connectivity index (χ2v) is 8.71. The van der Waals surface area contributed by atoms with Crippen LogP contribution in [-0.2, 0) is 4.79 Å². The van der Waals surface area contributed by atoms with E-state index in [2.05, 4.69) is 9.97 Å². The fraction of sp³-hybridized carbons (Fsp3) is 0.222. The number of amides is 2. The molecule has 5 rings (SSSR count). The van der Waals surface area contributed by atoms with Crippen LogP contribution in [0.3, 0.4) is 0 Å². The molecule has 2 aliphatic heterocycles. The maximum absolute atomic E-state index is 12.6. The van der Waals surface area contributed by atoms with Gasteiger partial charge in [0.1, 0.15) is 34.5 Å². The van der Waals surface area contributed by atoms with Crippen LogP contribution in [-0.4, -0.2) is 51.9 Å². The summed E-state index contributed by atoms with van der Waals surface area (Å²) in [6.45, 7) is 2.65. The first kappa shape index (κ1) is 23.8. The van der Waals surface area contributed by atoms with Crippen LogP contribution in [0.25, 0.3) is 0 Å². The average molecular weight is 497 g/mol. The maximum atomic E-state index is 12.6. The Balaban J connectivity index is 1.32. The van der Waals surface area contributed by atoms with E-state index >= 15 is 0 Å². The van der Waals surface area contributed by atoms with Gasteiger partial charge in [-0.15, -0.1) is 0 Å². The van der Waals surface area contributed by atoms with Gasteiger partial charge in [-0.1, -0.05) is 24.3 Å². The van der Waals surface area contributed by atoms with E-state index in [1.54, 1.807) is 36.1 Å². The van der Waals surface area contributed by atoms with E-state index in [4.69, 9.17) is 15.2 Å². The number of nitriles is 1. The number of nitrogens with zero attached hydrogens (tertiary/aromatic N) is 5. The molecule has 2 bridgehead atoms. The van der Waals surface area contributed by atoms with E-state index in [1.807, 2.05) is 41.3 Å². The Morgan fingerprint density at radius 1 is 1.03 bits per heavy atom. The van der Waals surface area contributed by atoms with Gasteiger partial charge < -0.3 is 25.0 Å². The van der Waals surface area contributed by atoms with E-state index in [9.17, 15) is 14.9 Å². The summed E-state index contributed by atoms with van der Waals surface area (Å²) >= 11 is 0. The molecule has 2 fully saturated rings. The second kappa shape index (κ2) is 9.99. The predicted molar refractivity (Wildman–Crippen MR) is 134 cm³/mol. The van der Waals surface area contributed by atoms with Crippen LogP contribution in [0.15, 0.2) is 72.4 Å². The molecule has 0 spiro atoms. The highest BCUT2D eigenvalue weighted by atomic mass is 16.5. The number of primary amides is 1. The Kier molecular flexibility index (Phi) is 6.43. The zero-order valence-corrected chi connectivity index (χ0v) is 20.1. The summed E-state index contributed by atoms with van der Waals surface area (Å²) in [4.78, 5) is 37.2. The zero-order chi connectivity index (χ0) is 25.9. The van der Waals surface area contributed by atoms with Crippen LogP contribution in [0.5, 0.6) is 23.1 Å². The fourth-order valence-electron chi connectivity index (χ4n) is 4.61. The van der Waals surface area contributed by atoms with Crippen molar-refractivity contribution >= 4 is 17.8 Å². The van der Waals surface area contributed by atoms with Crippen molar-refractivity contribution in [3.05, 3.63) is 78.0 Å². The Bertz CT molecular complexity index is 1400. The summed E-state index contributed by atoms with van der Waals surface area (Å²) in [5.41, 5.74) is 5.73. The first-order valence-electron chi connectivity index (χ1n) is 11.8. The molecule has 2 amide bonds. The van der Waals surface area contributed by atoms with Gasteiger partial charge in [-0.05, 0) is 49.7 Å². The smallest absolute Gasteiger partial charge is 0.264 e. The lowest BCUT2D eigenvalue weighted by atomic mass is 10.2. The van der Waals surface area contributed by atoms with E-state index in [-0.39, 0.29) is 35.0 Å².